The molecule has 156 valence electrons. The van der Waals surface area contributed by atoms with Gasteiger partial charge in [-0.25, -0.2) is 0 Å². The van der Waals surface area contributed by atoms with E-state index in [1.54, 1.807) is 18.4 Å². The SMILES string of the molecule is COc1ccc(C)cc1NC(=O)CNC(=O)c1c(-n2cccc2)sc2c1CCSC2. The van der Waals surface area contributed by atoms with Crippen molar-refractivity contribution in [3.05, 3.63) is 64.3 Å². The van der Waals surface area contributed by atoms with E-state index < -0.39 is 0 Å². The van der Waals surface area contributed by atoms with Crippen LogP contribution in [-0.2, 0) is 17.0 Å². The van der Waals surface area contributed by atoms with E-state index >= 15 is 0 Å². The van der Waals surface area contributed by atoms with E-state index in [1.807, 2.05) is 66.0 Å². The number of thiophene rings is 1. The molecule has 0 unspecified atom stereocenters. The third-order valence-corrected chi connectivity index (χ3v) is 7.32. The number of aromatic nitrogens is 1. The van der Waals surface area contributed by atoms with Crippen LogP contribution in [0.25, 0.3) is 5.00 Å². The van der Waals surface area contributed by atoms with E-state index in [0.717, 1.165) is 34.1 Å². The number of methoxy groups -OCH3 is 1. The standard InChI is InChI=1S/C22H23N3O3S2/c1-14-5-6-17(28-2)16(11-14)24-19(26)12-23-21(27)20-15-7-10-29-13-18(15)30-22(20)25-8-3-4-9-25/h3-6,8-9,11H,7,10,12-13H2,1-2H3,(H,23,27)(H,24,26). The molecule has 0 spiro atoms. The van der Waals surface area contributed by atoms with E-state index in [-0.39, 0.29) is 18.4 Å². The number of benzene rings is 1. The van der Waals surface area contributed by atoms with E-state index in [9.17, 15) is 9.59 Å². The Morgan fingerprint density at radius 3 is 2.80 bits per heavy atom. The number of hydrogen-bond acceptors (Lipinski definition) is 5. The Balaban J connectivity index is 1.50. The molecule has 2 amide bonds. The van der Waals surface area contributed by atoms with Crippen molar-refractivity contribution in [1.29, 1.82) is 0 Å². The smallest absolute Gasteiger partial charge is 0.255 e. The molecule has 8 heteroatoms. The molecule has 0 radical (unpaired) electrons. The number of rotatable bonds is 6. The Morgan fingerprint density at radius 1 is 1.23 bits per heavy atom. The normalized spacial score (nSPS) is 12.9. The van der Waals surface area contributed by atoms with Crippen molar-refractivity contribution in [2.45, 2.75) is 19.1 Å². The topological polar surface area (TPSA) is 72.4 Å². The molecule has 4 rings (SSSR count). The van der Waals surface area contributed by atoms with Gasteiger partial charge in [0.05, 0.1) is 24.9 Å². The molecule has 0 aliphatic carbocycles. The highest BCUT2D eigenvalue weighted by molar-refractivity contribution is 7.98. The number of aryl methyl sites for hydroxylation is 1. The molecule has 0 saturated carbocycles. The monoisotopic (exact) mass is 441 g/mol. The minimum absolute atomic E-state index is 0.111. The van der Waals surface area contributed by atoms with Gasteiger partial charge in [0.2, 0.25) is 5.91 Å². The summed E-state index contributed by atoms with van der Waals surface area (Å²) in [7, 11) is 1.56. The van der Waals surface area contributed by atoms with Crippen molar-refractivity contribution in [2.24, 2.45) is 0 Å². The first-order chi connectivity index (χ1) is 14.6. The fourth-order valence-electron chi connectivity index (χ4n) is 3.47. The molecule has 1 aliphatic heterocycles. The number of carbonyl (C=O) groups is 2. The zero-order valence-corrected chi connectivity index (χ0v) is 18.5. The first-order valence-corrected chi connectivity index (χ1v) is 11.6. The predicted molar refractivity (Wildman–Crippen MR) is 122 cm³/mol. The molecular weight excluding hydrogens is 418 g/mol. The Hall–Kier alpha value is -2.71. The van der Waals surface area contributed by atoms with Crippen LogP contribution in [0.15, 0.2) is 42.7 Å². The van der Waals surface area contributed by atoms with Crippen molar-refractivity contribution >= 4 is 40.6 Å². The molecule has 0 saturated heterocycles. The number of nitrogens with zero attached hydrogens (tertiary/aromatic N) is 1. The van der Waals surface area contributed by atoms with Crippen LogP contribution in [0.5, 0.6) is 5.75 Å². The minimum atomic E-state index is -0.297. The van der Waals surface area contributed by atoms with Crippen LogP contribution in [0.4, 0.5) is 5.69 Å². The summed E-state index contributed by atoms with van der Waals surface area (Å²) in [5.41, 5.74) is 3.40. The Kier molecular flexibility index (Phi) is 6.15. The van der Waals surface area contributed by atoms with Crippen molar-refractivity contribution in [2.75, 3.05) is 24.7 Å². The number of anilines is 1. The van der Waals surface area contributed by atoms with E-state index in [4.69, 9.17) is 4.74 Å². The Labute approximate surface area is 183 Å². The average Bonchev–Trinajstić information content (AvgIpc) is 3.40. The van der Waals surface area contributed by atoms with Gasteiger partial charge in [-0.05, 0) is 54.5 Å². The number of fused-ring (bicyclic) bond motifs is 1. The number of thioether (sulfide) groups is 1. The summed E-state index contributed by atoms with van der Waals surface area (Å²) >= 11 is 3.54. The lowest BCUT2D eigenvalue weighted by molar-refractivity contribution is -0.115. The third kappa shape index (κ3) is 4.24. The highest BCUT2D eigenvalue weighted by Gasteiger charge is 2.26. The van der Waals surface area contributed by atoms with Gasteiger partial charge in [0, 0.05) is 23.0 Å². The first-order valence-electron chi connectivity index (χ1n) is 9.65. The average molecular weight is 442 g/mol. The lowest BCUT2D eigenvalue weighted by Gasteiger charge is -2.14. The summed E-state index contributed by atoms with van der Waals surface area (Å²) in [5.74, 6) is 2.00. The number of ether oxygens (including phenoxy) is 1. The van der Waals surface area contributed by atoms with Gasteiger partial charge in [0.25, 0.3) is 5.91 Å². The predicted octanol–water partition coefficient (Wildman–Crippen LogP) is 4.01. The van der Waals surface area contributed by atoms with Crippen LogP contribution in [0, 0.1) is 6.92 Å². The molecule has 30 heavy (non-hydrogen) atoms. The maximum absolute atomic E-state index is 13.1. The lowest BCUT2D eigenvalue weighted by atomic mass is 10.1. The molecule has 2 aromatic heterocycles. The Morgan fingerprint density at radius 2 is 2.03 bits per heavy atom. The van der Waals surface area contributed by atoms with Gasteiger partial charge in [0.1, 0.15) is 10.8 Å². The molecule has 6 nitrogen and oxygen atoms in total. The van der Waals surface area contributed by atoms with Crippen LogP contribution in [0.1, 0.15) is 26.4 Å². The quantitative estimate of drug-likeness (QED) is 0.606. The second-order valence-corrected chi connectivity index (χ2v) is 9.20. The second kappa shape index (κ2) is 8.97. The number of nitrogens with one attached hydrogen (secondary N) is 2. The molecular formula is C22H23N3O3S2. The summed E-state index contributed by atoms with van der Waals surface area (Å²) in [5, 5.41) is 6.54. The summed E-state index contributed by atoms with van der Waals surface area (Å²) in [6.45, 7) is 1.83. The van der Waals surface area contributed by atoms with Crippen LogP contribution in [0.3, 0.4) is 0 Å². The number of hydrogen-bond donors (Lipinski definition) is 2. The summed E-state index contributed by atoms with van der Waals surface area (Å²) in [4.78, 5) is 26.8. The van der Waals surface area contributed by atoms with E-state index in [1.165, 1.54) is 4.88 Å². The fourth-order valence-corrected chi connectivity index (χ4v) is 5.91. The van der Waals surface area contributed by atoms with Gasteiger partial charge in [-0.2, -0.15) is 11.8 Å². The molecule has 3 heterocycles. The molecule has 0 bridgehead atoms. The molecule has 2 N–H and O–H groups in total. The van der Waals surface area contributed by atoms with Crippen LogP contribution < -0.4 is 15.4 Å². The van der Waals surface area contributed by atoms with Gasteiger partial charge < -0.3 is 19.9 Å². The zero-order valence-electron chi connectivity index (χ0n) is 16.9. The number of amides is 2. The third-order valence-electron chi connectivity index (χ3n) is 4.91. The van der Waals surface area contributed by atoms with Gasteiger partial charge >= 0.3 is 0 Å². The zero-order chi connectivity index (χ0) is 21.1. The highest BCUT2D eigenvalue weighted by Crippen LogP contribution is 2.38. The first kappa shape index (κ1) is 20.6. The van der Waals surface area contributed by atoms with Gasteiger partial charge in [-0.1, -0.05) is 6.07 Å². The summed E-state index contributed by atoms with van der Waals surface area (Å²) < 4.78 is 7.27. The molecule has 3 aromatic rings. The Bertz CT molecular complexity index is 1070. The van der Waals surface area contributed by atoms with E-state index in [2.05, 4.69) is 10.6 Å². The second-order valence-electron chi connectivity index (χ2n) is 7.01. The summed E-state index contributed by atoms with van der Waals surface area (Å²) in [6, 6.07) is 9.45. The van der Waals surface area contributed by atoms with Crippen LogP contribution >= 0.6 is 23.1 Å². The lowest BCUT2D eigenvalue weighted by Crippen LogP contribution is -2.33. The van der Waals surface area contributed by atoms with Crippen molar-refractivity contribution in [3.8, 4) is 10.8 Å². The maximum atomic E-state index is 13.1. The van der Waals surface area contributed by atoms with Crippen molar-refractivity contribution in [1.82, 2.24) is 9.88 Å². The molecule has 0 fully saturated rings. The van der Waals surface area contributed by atoms with Crippen molar-refractivity contribution < 1.29 is 14.3 Å². The van der Waals surface area contributed by atoms with Crippen molar-refractivity contribution in [3.63, 3.8) is 0 Å². The van der Waals surface area contributed by atoms with Crippen LogP contribution in [0.2, 0.25) is 0 Å². The van der Waals surface area contributed by atoms with Gasteiger partial charge in [0.15, 0.2) is 0 Å². The van der Waals surface area contributed by atoms with Gasteiger partial charge in [-0.15, -0.1) is 11.3 Å². The van der Waals surface area contributed by atoms with Crippen LogP contribution in [-0.4, -0.2) is 35.8 Å². The molecule has 1 aromatic carbocycles. The summed E-state index contributed by atoms with van der Waals surface area (Å²) in [6.07, 6.45) is 4.75. The maximum Gasteiger partial charge on any atom is 0.255 e. The molecule has 1 aliphatic rings. The number of carbonyl (C=O) groups excluding carboxylic acids is 2. The minimum Gasteiger partial charge on any atom is -0.495 e. The fraction of sp³-hybridized carbons (Fsp3) is 0.273. The highest BCUT2D eigenvalue weighted by atomic mass is 32.2. The molecule has 0 atom stereocenters. The largest absolute Gasteiger partial charge is 0.495 e. The van der Waals surface area contributed by atoms with Gasteiger partial charge in [-0.3, -0.25) is 9.59 Å². The van der Waals surface area contributed by atoms with E-state index in [0.29, 0.717) is 17.0 Å².